The lowest BCUT2D eigenvalue weighted by atomic mass is 9.74. The Hall–Kier alpha value is -0.410. The molecule has 2 unspecified atom stereocenters. The van der Waals surface area contributed by atoms with Crippen molar-refractivity contribution in [2.45, 2.75) is 66.0 Å². The van der Waals surface area contributed by atoms with E-state index in [0.717, 1.165) is 12.8 Å². The molecule has 1 aliphatic rings. The molecule has 0 amide bonds. The molecule has 2 rings (SSSR count). The van der Waals surface area contributed by atoms with Crippen LogP contribution in [0, 0.1) is 12.3 Å². The molecule has 3 heteroatoms. The third-order valence-corrected chi connectivity index (χ3v) is 5.44. The number of rotatable bonds is 5. The smallest absolute Gasteiger partial charge is 0.0318 e. The first-order valence-electron chi connectivity index (χ1n) is 7.89. The molecule has 0 radical (unpaired) electrons. The maximum atomic E-state index is 6.41. The van der Waals surface area contributed by atoms with Crippen LogP contribution < -0.4 is 5.73 Å². The van der Waals surface area contributed by atoms with E-state index in [0.29, 0.717) is 11.5 Å². The second-order valence-corrected chi connectivity index (χ2v) is 8.44. The van der Waals surface area contributed by atoms with Crippen molar-refractivity contribution in [2.24, 2.45) is 11.1 Å². The van der Waals surface area contributed by atoms with Gasteiger partial charge in [-0.3, -0.25) is 0 Å². The SMILES string of the molecule is CCSCCC(C)n1c(C)cc2c1CC(C)(C)CC2N. The number of fused-ring (bicyclic) bond motifs is 1. The molecule has 0 saturated carbocycles. The van der Waals surface area contributed by atoms with Crippen LogP contribution in [0.25, 0.3) is 0 Å². The lowest BCUT2D eigenvalue weighted by Gasteiger charge is -2.35. The molecule has 114 valence electrons. The molecule has 1 heterocycles. The van der Waals surface area contributed by atoms with Gasteiger partial charge in [-0.1, -0.05) is 20.8 Å². The molecule has 1 aromatic heterocycles. The van der Waals surface area contributed by atoms with Crippen molar-refractivity contribution >= 4 is 11.8 Å². The Balaban J connectivity index is 2.26. The first kappa shape index (κ1) is 16.0. The van der Waals surface area contributed by atoms with Crippen LogP contribution in [-0.4, -0.2) is 16.1 Å². The van der Waals surface area contributed by atoms with Crippen molar-refractivity contribution in [1.29, 1.82) is 0 Å². The minimum atomic E-state index is 0.214. The molecule has 2 N–H and O–H groups in total. The summed E-state index contributed by atoms with van der Waals surface area (Å²) in [6.45, 7) is 11.5. The second kappa shape index (κ2) is 6.15. The predicted octanol–water partition coefficient (Wildman–Crippen LogP) is 4.47. The quantitative estimate of drug-likeness (QED) is 0.812. The summed E-state index contributed by atoms with van der Waals surface area (Å²) in [6.07, 6.45) is 3.51. The van der Waals surface area contributed by atoms with Gasteiger partial charge in [0.25, 0.3) is 0 Å². The third-order valence-electron chi connectivity index (χ3n) is 4.51. The van der Waals surface area contributed by atoms with Crippen molar-refractivity contribution in [3.63, 3.8) is 0 Å². The fraction of sp³-hybridized carbons (Fsp3) is 0.765. The Kier molecular flexibility index (Phi) is 4.91. The molecule has 0 aliphatic heterocycles. The van der Waals surface area contributed by atoms with E-state index in [1.807, 2.05) is 11.8 Å². The minimum absolute atomic E-state index is 0.214. The van der Waals surface area contributed by atoms with Gasteiger partial charge in [-0.15, -0.1) is 0 Å². The van der Waals surface area contributed by atoms with Gasteiger partial charge < -0.3 is 10.3 Å². The van der Waals surface area contributed by atoms with E-state index in [1.54, 1.807) is 0 Å². The fourth-order valence-electron chi connectivity index (χ4n) is 3.61. The first-order chi connectivity index (χ1) is 9.35. The summed E-state index contributed by atoms with van der Waals surface area (Å²) in [4.78, 5) is 0. The van der Waals surface area contributed by atoms with Gasteiger partial charge in [-0.05, 0) is 61.7 Å². The van der Waals surface area contributed by atoms with Crippen molar-refractivity contribution < 1.29 is 0 Å². The largest absolute Gasteiger partial charge is 0.346 e. The summed E-state index contributed by atoms with van der Waals surface area (Å²) < 4.78 is 2.56. The molecule has 20 heavy (non-hydrogen) atoms. The normalized spacial score (nSPS) is 22.6. The summed E-state index contributed by atoms with van der Waals surface area (Å²) in [5.41, 5.74) is 11.0. The molecule has 0 bridgehead atoms. The monoisotopic (exact) mass is 294 g/mol. The molecule has 0 spiro atoms. The van der Waals surface area contributed by atoms with Gasteiger partial charge in [0.05, 0.1) is 0 Å². The van der Waals surface area contributed by atoms with Gasteiger partial charge >= 0.3 is 0 Å². The van der Waals surface area contributed by atoms with E-state index in [1.165, 1.54) is 34.9 Å². The molecule has 2 nitrogen and oxygen atoms in total. The topological polar surface area (TPSA) is 30.9 Å². The van der Waals surface area contributed by atoms with E-state index in [-0.39, 0.29) is 6.04 Å². The molecular formula is C17H30N2S. The summed E-state index contributed by atoms with van der Waals surface area (Å²) >= 11 is 2.04. The zero-order valence-corrected chi connectivity index (χ0v) is 14.5. The Bertz CT molecular complexity index is 462. The average Bonchev–Trinajstić information content (AvgIpc) is 2.64. The van der Waals surface area contributed by atoms with E-state index in [4.69, 9.17) is 5.73 Å². The summed E-state index contributed by atoms with van der Waals surface area (Å²) in [7, 11) is 0. The average molecular weight is 295 g/mol. The van der Waals surface area contributed by atoms with E-state index in [9.17, 15) is 0 Å². The molecule has 0 aromatic carbocycles. The van der Waals surface area contributed by atoms with Gasteiger partial charge in [0.15, 0.2) is 0 Å². The fourth-order valence-corrected chi connectivity index (χ4v) is 4.41. The Morgan fingerprint density at radius 2 is 2.20 bits per heavy atom. The maximum absolute atomic E-state index is 6.41. The highest BCUT2D eigenvalue weighted by atomic mass is 32.2. The van der Waals surface area contributed by atoms with E-state index >= 15 is 0 Å². The van der Waals surface area contributed by atoms with Crippen LogP contribution in [0.15, 0.2) is 6.07 Å². The van der Waals surface area contributed by atoms with Gasteiger partial charge in [0.2, 0.25) is 0 Å². The summed E-state index contributed by atoms with van der Waals surface area (Å²) in [6, 6.07) is 3.13. The number of aryl methyl sites for hydroxylation is 1. The summed E-state index contributed by atoms with van der Waals surface area (Å²) in [5.74, 6) is 2.47. The lowest BCUT2D eigenvalue weighted by Crippen LogP contribution is -2.31. The van der Waals surface area contributed by atoms with Crippen molar-refractivity contribution in [1.82, 2.24) is 4.57 Å². The number of nitrogens with two attached hydrogens (primary N) is 1. The third kappa shape index (κ3) is 3.25. The highest BCUT2D eigenvalue weighted by Gasteiger charge is 2.33. The standard InChI is InChI=1S/C17H30N2S/c1-6-20-8-7-12(2)19-13(3)9-14-15(18)10-17(4,5)11-16(14)19/h9,12,15H,6-8,10-11,18H2,1-5H3. The van der Waals surface area contributed by atoms with Crippen LogP contribution >= 0.6 is 11.8 Å². The lowest BCUT2D eigenvalue weighted by molar-refractivity contribution is 0.271. The molecule has 1 aromatic rings. The Morgan fingerprint density at radius 3 is 2.85 bits per heavy atom. The highest BCUT2D eigenvalue weighted by Crippen LogP contribution is 2.42. The zero-order valence-electron chi connectivity index (χ0n) is 13.7. The number of aromatic nitrogens is 1. The van der Waals surface area contributed by atoms with Crippen LogP contribution in [0.5, 0.6) is 0 Å². The van der Waals surface area contributed by atoms with Gasteiger partial charge in [0.1, 0.15) is 0 Å². The van der Waals surface area contributed by atoms with Crippen LogP contribution in [-0.2, 0) is 6.42 Å². The molecule has 0 fully saturated rings. The molecular weight excluding hydrogens is 264 g/mol. The Labute approximate surface area is 128 Å². The number of thioether (sulfide) groups is 1. The van der Waals surface area contributed by atoms with Crippen molar-refractivity contribution in [2.75, 3.05) is 11.5 Å². The summed E-state index contributed by atoms with van der Waals surface area (Å²) in [5, 5.41) is 0. The minimum Gasteiger partial charge on any atom is -0.346 e. The van der Waals surface area contributed by atoms with Crippen molar-refractivity contribution in [3.8, 4) is 0 Å². The van der Waals surface area contributed by atoms with Crippen LogP contribution in [0.3, 0.4) is 0 Å². The highest BCUT2D eigenvalue weighted by molar-refractivity contribution is 7.99. The second-order valence-electron chi connectivity index (χ2n) is 7.04. The number of nitrogens with zero attached hydrogens (tertiary/aromatic N) is 1. The van der Waals surface area contributed by atoms with Gasteiger partial charge in [-0.2, -0.15) is 11.8 Å². The van der Waals surface area contributed by atoms with Crippen LogP contribution in [0.1, 0.15) is 69.6 Å². The zero-order chi connectivity index (χ0) is 14.9. The van der Waals surface area contributed by atoms with Crippen LogP contribution in [0.4, 0.5) is 0 Å². The molecule has 1 aliphatic carbocycles. The van der Waals surface area contributed by atoms with Crippen molar-refractivity contribution in [3.05, 3.63) is 23.0 Å². The molecule has 0 saturated heterocycles. The van der Waals surface area contributed by atoms with E-state index in [2.05, 4.69) is 45.3 Å². The number of hydrogen-bond donors (Lipinski definition) is 1. The number of hydrogen-bond acceptors (Lipinski definition) is 2. The van der Waals surface area contributed by atoms with E-state index < -0.39 is 0 Å². The maximum Gasteiger partial charge on any atom is 0.0318 e. The van der Waals surface area contributed by atoms with Crippen LogP contribution in [0.2, 0.25) is 0 Å². The molecule has 2 atom stereocenters. The first-order valence-corrected chi connectivity index (χ1v) is 9.05. The predicted molar refractivity (Wildman–Crippen MR) is 90.5 cm³/mol. The Morgan fingerprint density at radius 1 is 1.50 bits per heavy atom. The van der Waals surface area contributed by atoms with Gasteiger partial charge in [-0.25, -0.2) is 0 Å². The van der Waals surface area contributed by atoms with Gasteiger partial charge in [0, 0.05) is 23.5 Å².